The minimum absolute atomic E-state index is 0.000278. The summed E-state index contributed by atoms with van der Waals surface area (Å²) in [5, 5.41) is 10.0. The second-order valence-electron chi connectivity index (χ2n) is 3.21. The molecule has 0 spiro atoms. The molecule has 1 unspecified atom stereocenters. The molecule has 0 aromatic heterocycles. The van der Waals surface area contributed by atoms with Crippen LogP contribution in [0.2, 0.25) is 0 Å². The first-order chi connectivity index (χ1) is 5.22. The van der Waals surface area contributed by atoms with Gasteiger partial charge < -0.3 is 0 Å². The van der Waals surface area contributed by atoms with Crippen molar-refractivity contribution >= 4 is 5.91 Å². The molecule has 3 heteroatoms. The number of hydrogen-bond donors (Lipinski definition) is 1. The Hall–Kier alpha value is -0.570. The highest BCUT2D eigenvalue weighted by molar-refractivity contribution is 5.77. The first-order valence-electron chi connectivity index (χ1n) is 4.22. The highest BCUT2D eigenvalue weighted by Crippen LogP contribution is 2.15. The van der Waals surface area contributed by atoms with Gasteiger partial charge in [-0.1, -0.05) is 19.8 Å². The number of hydroxylamine groups is 2. The van der Waals surface area contributed by atoms with E-state index in [0.29, 0.717) is 6.54 Å². The third kappa shape index (κ3) is 2.19. The maximum Gasteiger partial charge on any atom is 0.248 e. The highest BCUT2D eigenvalue weighted by Gasteiger charge is 2.20. The van der Waals surface area contributed by atoms with Crippen LogP contribution in [0, 0.1) is 5.92 Å². The van der Waals surface area contributed by atoms with Gasteiger partial charge in [-0.05, 0) is 12.8 Å². The summed E-state index contributed by atoms with van der Waals surface area (Å²) >= 11 is 0. The van der Waals surface area contributed by atoms with Gasteiger partial charge in [0.05, 0.1) is 0 Å². The lowest BCUT2D eigenvalue weighted by Crippen LogP contribution is -2.34. The van der Waals surface area contributed by atoms with Gasteiger partial charge in [0.2, 0.25) is 5.91 Å². The molecule has 0 bridgehead atoms. The Morgan fingerprint density at radius 1 is 1.45 bits per heavy atom. The van der Waals surface area contributed by atoms with Gasteiger partial charge in [0.25, 0.3) is 0 Å². The average Bonchev–Trinajstić information content (AvgIpc) is 2.00. The topological polar surface area (TPSA) is 40.5 Å². The van der Waals surface area contributed by atoms with E-state index in [9.17, 15) is 4.79 Å². The molecule has 3 nitrogen and oxygen atoms in total. The van der Waals surface area contributed by atoms with Crippen LogP contribution in [0.1, 0.15) is 32.6 Å². The zero-order valence-electron chi connectivity index (χ0n) is 6.92. The standard InChI is InChI=1S/C8H15NO2/c1-7-5-3-2-4-6-9(11)8(7)10/h7,11H,2-6H2,1H3. The molecule has 0 aromatic rings. The quantitative estimate of drug-likeness (QED) is 0.540. The summed E-state index contributed by atoms with van der Waals surface area (Å²) in [4.78, 5) is 11.2. The number of amides is 1. The van der Waals surface area contributed by atoms with E-state index in [4.69, 9.17) is 5.21 Å². The molecule has 1 N–H and O–H groups in total. The van der Waals surface area contributed by atoms with Crippen molar-refractivity contribution in [1.82, 2.24) is 5.06 Å². The van der Waals surface area contributed by atoms with E-state index in [0.717, 1.165) is 30.7 Å². The van der Waals surface area contributed by atoms with Gasteiger partial charge in [0.15, 0.2) is 0 Å². The number of hydrogen-bond acceptors (Lipinski definition) is 2. The maximum atomic E-state index is 11.2. The van der Waals surface area contributed by atoms with Gasteiger partial charge in [-0.3, -0.25) is 10.0 Å². The van der Waals surface area contributed by atoms with Crippen LogP contribution in [0.5, 0.6) is 0 Å². The first kappa shape index (κ1) is 8.53. The molecule has 64 valence electrons. The van der Waals surface area contributed by atoms with Crippen LogP contribution in [-0.4, -0.2) is 22.7 Å². The van der Waals surface area contributed by atoms with E-state index in [2.05, 4.69) is 0 Å². The molecular formula is C8H15NO2. The van der Waals surface area contributed by atoms with Crippen LogP contribution >= 0.6 is 0 Å². The average molecular weight is 157 g/mol. The van der Waals surface area contributed by atoms with Gasteiger partial charge in [-0.2, -0.15) is 0 Å². The molecular weight excluding hydrogens is 142 g/mol. The number of carbonyl (C=O) groups excluding carboxylic acids is 1. The molecule has 1 heterocycles. The lowest BCUT2D eigenvalue weighted by Gasteiger charge is -2.21. The van der Waals surface area contributed by atoms with Crippen molar-refractivity contribution in [3.63, 3.8) is 0 Å². The van der Waals surface area contributed by atoms with E-state index >= 15 is 0 Å². The molecule has 1 atom stereocenters. The molecule has 1 aliphatic rings. The zero-order chi connectivity index (χ0) is 8.27. The van der Waals surface area contributed by atoms with Crippen LogP contribution in [0.15, 0.2) is 0 Å². The third-order valence-corrected chi connectivity index (χ3v) is 2.18. The van der Waals surface area contributed by atoms with Crippen LogP contribution in [0.25, 0.3) is 0 Å². The Balaban J connectivity index is 2.49. The van der Waals surface area contributed by atoms with Crippen molar-refractivity contribution in [2.45, 2.75) is 32.6 Å². The molecule has 0 aromatic carbocycles. The highest BCUT2D eigenvalue weighted by atomic mass is 16.5. The summed E-state index contributed by atoms with van der Waals surface area (Å²) in [5.74, 6) is -0.120. The Morgan fingerprint density at radius 3 is 2.91 bits per heavy atom. The van der Waals surface area contributed by atoms with Crippen LogP contribution < -0.4 is 0 Å². The van der Waals surface area contributed by atoms with E-state index in [-0.39, 0.29) is 11.8 Å². The Bertz CT molecular complexity index is 133. The van der Waals surface area contributed by atoms with E-state index in [1.807, 2.05) is 6.92 Å². The normalized spacial score (nSPS) is 28.0. The summed E-state index contributed by atoms with van der Waals surface area (Å²) in [6.45, 7) is 2.38. The number of rotatable bonds is 0. The largest absolute Gasteiger partial charge is 0.286 e. The predicted molar refractivity (Wildman–Crippen MR) is 41.1 cm³/mol. The van der Waals surface area contributed by atoms with Crippen LogP contribution in [0.3, 0.4) is 0 Å². The summed E-state index contributed by atoms with van der Waals surface area (Å²) in [5.41, 5.74) is 0. The van der Waals surface area contributed by atoms with E-state index < -0.39 is 0 Å². The summed E-state index contributed by atoms with van der Waals surface area (Å²) in [6, 6.07) is 0. The summed E-state index contributed by atoms with van der Waals surface area (Å²) in [7, 11) is 0. The number of carbonyl (C=O) groups is 1. The molecule has 1 aliphatic heterocycles. The minimum atomic E-state index is -0.121. The molecule has 0 aliphatic carbocycles. The smallest absolute Gasteiger partial charge is 0.248 e. The van der Waals surface area contributed by atoms with Crippen molar-refractivity contribution < 1.29 is 10.0 Å². The zero-order valence-corrected chi connectivity index (χ0v) is 6.92. The molecule has 1 amide bonds. The molecule has 1 saturated heterocycles. The summed E-state index contributed by atoms with van der Waals surface area (Å²) in [6.07, 6.45) is 4.07. The maximum absolute atomic E-state index is 11.2. The molecule has 0 saturated carbocycles. The minimum Gasteiger partial charge on any atom is -0.286 e. The van der Waals surface area contributed by atoms with Gasteiger partial charge >= 0.3 is 0 Å². The van der Waals surface area contributed by atoms with Crippen molar-refractivity contribution in [3.05, 3.63) is 0 Å². The Morgan fingerprint density at radius 2 is 2.18 bits per heavy atom. The second-order valence-corrected chi connectivity index (χ2v) is 3.21. The third-order valence-electron chi connectivity index (χ3n) is 2.18. The van der Waals surface area contributed by atoms with Crippen molar-refractivity contribution in [2.24, 2.45) is 5.92 Å². The fourth-order valence-electron chi connectivity index (χ4n) is 1.38. The van der Waals surface area contributed by atoms with Crippen molar-refractivity contribution in [3.8, 4) is 0 Å². The lowest BCUT2D eigenvalue weighted by atomic mass is 10.0. The molecule has 1 fully saturated rings. The van der Waals surface area contributed by atoms with Gasteiger partial charge in [-0.15, -0.1) is 0 Å². The fourth-order valence-corrected chi connectivity index (χ4v) is 1.38. The van der Waals surface area contributed by atoms with Gasteiger partial charge in [0, 0.05) is 12.5 Å². The van der Waals surface area contributed by atoms with Gasteiger partial charge in [0.1, 0.15) is 0 Å². The molecule has 0 radical (unpaired) electrons. The predicted octanol–water partition coefficient (Wildman–Crippen LogP) is 1.41. The first-order valence-corrected chi connectivity index (χ1v) is 4.22. The second kappa shape index (κ2) is 3.72. The van der Waals surface area contributed by atoms with E-state index in [1.54, 1.807) is 0 Å². The van der Waals surface area contributed by atoms with E-state index in [1.165, 1.54) is 0 Å². The number of nitrogens with zero attached hydrogens (tertiary/aromatic N) is 1. The molecule has 11 heavy (non-hydrogen) atoms. The Labute approximate surface area is 67.0 Å². The van der Waals surface area contributed by atoms with Crippen LogP contribution in [0.4, 0.5) is 0 Å². The van der Waals surface area contributed by atoms with Gasteiger partial charge in [-0.25, -0.2) is 5.06 Å². The van der Waals surface area contributed by atoms with Crippen molar-refractivity contribution in [2.75, 3.05) is 6.54 Å². The SMILES string of the molecule is CC1CCCCCN(O)C1=O. The Kier molecular flexibility index (Phi) is 2.88. The monoisotopic (exact) mass is 157 g/mol. The fraction of sp³-hybridized carbons (Fsp3) is 0.875. The molecule has 1 rings (SSSR count). The summed E-state index contributed by atoms with van der Waals surface area (Å²) < 4.78 is 0. The van der Waals surface area contributed by atoms with Crippen LogP contribution in [-0.2, 0) is 4.79 Å². The lowest BCUT2D eigenvalue weighted by molar-refractivity contribution is -0.171. The van der Waals surface area contributed by atoms with Crippen molar-refractivity contribution in [1.29, 1.82) is 0 Å².